The van der Waals surface area contributed by atoms with Crippen LogP contribution in [-0.2, 0) is 6.42 Å². The molecule has 1 heterocycles. The molecule has 106 valence electrons. The van der Waals surface area contributed by atoms with E-state index >= 15 is 0 Å². The van der Waals surface area contributed by atoms with Crippen LogP contribution in [0.2, 0.25) is 0 Å². The molecule has 0 aliphatic heterocycles. The van der Waals surface area contributed by atoms with E-state index in [-0.39, 0.29) is 0 Å². The molecule has 4 heteroatoms. The second kappa shape index (κ2) is 7.31. The maximum Gasteiger partial charge on any atom is 0.134 e. The molecule has 0 spiro atoms. The van der Waals surface area contributed by atoms with E-state index in [2.05, 4.69) is 22.2 Å². The first-order valence-corrected chi connectivity index (χ1v) is 7.64. The Morgan fingerprint density at radius 2 is 2.11 bits per heavy atom. The molecule has 1 aliphatic carbocycles. The minimum absolute atomic E-state index is 0.621. The number of nitrogen functional groups attached to an aromatic ring is 1. The quantitative estimate of drug-likeness (QED) is 0.739. The van der Waals surface area contributed by atoms with Gasteiger partial charge >= 0.3 is 0 Å². The summed E-state index contributed by atoms with van der Waals surface area (Å²) in [5, 5.41) is 3.43. The molecule has 19 heavy (non-hydrogen) atoms. The molecule has 4 nitrogen and oxygen atoms in total. The molecule has 3 N–H and O–H groups in total. The highest BCUT2D eigenvalue weighted by atomic mass is 15.0. The highest BCUT2D eigenvalue weighted by Crippen LogP contribution is 2.28. The summed E-state index contributed by atoms with van der Waals surface area (Å²) in [5.74, 6) is 2.52. The van der Waals surface area contributed by atoms with E-state index in [4.69, 9.17) is 5.73 Å². The summed E-state index contributed by atoms with van der Waals surface area (Å²) in [6.07, 6.45) is 11.8. The summed E-state index contributed by atoms with van der Waals surface area (Å²) in [6.45, 7) is 3.14. The van der Waals surface area contributed by atoms with Gasteiger partial charge in [0.25, 0.3) is 0 Å². The van der Waals surface area contributed by atoms with E-state index in [1.54, 1.807) is 6.33 Å². The number of anilines is 2. The lowest BCUT2D eigenvalue weighted by atomic mass is 10.0. The maximum absolute atomic E-state index is 5.92. The van der Waals surface area contributed by atoms with Gasteiger partial charge in [-0.15, -0.1) is 0 Å². The smallest absolute Gasteiger partial charge is 0.134 e. The maximum atomic E-state index is 5.92. The molecular weight excluding hydrogens is 236 g/mol. The van der Waals surface area contributed by atoms with Crippen molar-refractivity contribution >= 4 is 11.6 Å². The van der Waals surface area contributed by atoms with Crippen LogP contribution in [0, 0.1) is 5.92 Å². The van der Waals surface area contributed by atoms with E-state index in [9.17, 15) is 0 Å². The first-order chi connectivity index (χ1) is 9.31. The molecule has 0 atom stereocenters. The van der Waals surface area contributed by atoms with Gasteiger partial charge in [0.15, 0.2) is 0 Å². The number of rotatable bonds is 7. The third kappa shape index (κ3) is 4.08. The number of aromatic nitrogens is 2. The van der Waals surface area contributed by atoms with Crippen LogP contribution in [0.1, 0.15) is 57.4 Å². The fraction of sp³-hybridized carbons (Fsp3) is 0.733. The zero-order valence-electron chi connectivity index (χ0n) is 12.0. The number of hydrogen-bond acceptors (Lipinski definition) is 4. The fourth-order valence-corrected chi connectivity index (χ4v) is 2.97. The van der Waals surface area contributed by atoms with Gasteiger partial charge in [0, 0.05) is 12.1 Å². The summed E-state index contributed by atoms with van der Waals surface area (Å²) in [4.78, 5) is 8.40. The van der Waals surface area contributed by atoms with E-state index < -0.39 is 0 Å². The summed E-state index contributed by atoms with van der Waals surface area (Å²) in [5.41, 5.74) is 6.99. The number of nitrogens with zero attached hydrogens (tertiary/aromatic N) is 2. The normalized spacial score (nSPS) is 15.8. The topological polar surface area (TPSA) is 63.8 Å². The molecule has 1 fully saturated rings. The van der Waals surface area contributed by atoms with Crippen LogP contribution in [0.4, 0.5) is 11.6 Å². The Bertz CT molecular complexity index is 386. The van der Waals surface area contributed by atoms with Crippen molar-refractivity contribution in [1.29, 1.82) is 0 Å². The van der Waals surface area contributed by atoms with E-state index in [0.717, 1.165) is 36.7 Å². The first kappa shape index (κ1) is 14.1. The Labute approximate surface area is 116 Å². The summed E-state index contributed by atoms with van der Waals surface area (Å²) in [6, 6.07) is 0. The molecule has 0 amide bonds. The average Bonchev–Trinajstić information content (AvgIpc) is 2.91. The average molecular weight is 262 g/mol. The molecule has 1 aromatic rings. The zero-order chi connectivity index (χ0) is 13.5. The van der Waals surface area contributed by atoms with Crippen LogP contribution < -0.4 is 11.1 Å². The molecule has 0 unspecified atom stereocenters. The molecule has 1 saturated carbocycles. The Morgan fingerprint density at radius 3 is 2.84 bits per heavy atom. The molecule has 0 saturated heterocycles. The van der Waals surface area contributed by atoms with Crippen molar-refractivity contribution in [2.75, 3.05) is 17.6 Å². The number of hydrogen-bond donors (Lipinski definition) is 2. The SMILES string of the molecule is CCCc1c(N)ncnc1NCCCC1CCCC1. The van der Waals surface area contributed by atoms with Gasteiger partial charge in [-0.1, -0.05) is 39.0 Å². The number of nitrogens with one attached hydrogen (secondary N) is 1. The van der Waals surface area contributed by atoms with Crippen LogP contribution in [0.3, 0.4) is 0 Å². The van der Waals surface area contributed by atoms with Crippen molar-refractivity contribution < 1.29 is 0 Å². The zero-order valence-corrected chi connectivity index (χ0v) is 12.0. The van der Waals surface area contributed by atoms with Crippen molar-refractivity contribution in [2.24, 2.45) is 5.92 Å². The summed E-state index contributed by atoms with van der Waals surface area (Å²) >= 11 is 0. The summed E-state index contributed by atoms with van der Waals surface area (Å²) < 4.78 is 0. The third-order valence-corrected chi connectivity index (χ3v) is 4.04. The standard InChI is InChI=1S/C15H26N4/c1-2-6-13-14(16)18-11-19-15(13)17-10-5-9-12-7-3-4-8-12/h11-12H,2-10H2,1H3,(H3,16,17,18,19). The van der Waals surface area contributed by atoms with Crippen molar-refractivity contribution in [2.45, 2.75) is 58.3 Å². The molecule has 0 aromatic carbocycles. The van der Waals surface area contributed by atoms with Gasteiger partial charge < -0.3 is 11.1 Å². The minimum Gasteiger partial charge on any atom is -0.383 e. The number of nitrogens with two attached hydrogens (primary N) is 1. The molecule has 1 aliphatic rings. The van der Waals surface area contributed by atoms with Crippen molar-refractivity contribution in [3.05, 3.63) is 11.9 Å². The van der Waals surface area contributed by atoms with Gasteiger partial charge in [-0.2, -0.15) is 0 Å². The highest BCUT2D eigenvalue weighted by Gasteiger charge is 2.14. The Morgan fingerprint density at radius 1 is 1.32 bits per heavy atom. The molecule has 2 rings (SSSR count). The van der Waals surface area contributed by atoms with E-state index in [1.165, 1.54) is 38.5 Å². The van der Waals surface area contributed by atoms with Crippen molar-refractivity contribution in [3.8, 4) is 0 Å². The van der Waals surface area contributed by atoms with E-state index in [0.29, 0.717) is 5.82 Å². The Kier molecular flexibility index (Phi) is 5.43. The van der Waals surface area contributed by atoms with Gasteiger partial charge in [0.05, 0.1) is 0 Å². The monoisotopic (exact) mass is 262 g/mol. The van der Waals surface area contributed by atoms with E-state index in [1.807, 2.05) is 0 Å². The third-order valence-electron chi connectivity index (χ3n) is 4.04. The van der Waals surface area contributed by atoms with Crippen LogP contribution >= 0.6 is 0 Å². The van der Waals surface area contributed by atoms with Gasteiger partial charge in [0.1, 0.15) is 18.0 Å². The molecule has 0 radical (unpaired) electrons. The largest absolute Gasteiger partial charge is 0.383 e. The van der Waals surface area contributed by atoms with Crippen LogP contribution in [0.25, 0.3) is 0 Å². The predicted molar refractivity (Wildman–Crippen MR) is 80.1 cm³/mol. The lowest BCUT2D eigenvalue weighted by Gasteiger charge is -2.13. The lowest BCUT2D eigenvalue weighted by molar-refractivity contribution is 0.491. The second-order valence-corrected chi connectivity index (χ2v) is 5.56. The van der Waals surface area contributed by atoms with Gasteiger partial charge in [0.2, 0.25) is 0 Å². The highest BCUT2D eigenvalue weighted by molar-refractivity contribution is 5.54. The minimum atomic E-state index is 0.621. The Balaban J connectivity index is 1.79. The first-order valence-electron chi connectivity index (χ1n) is 7.64. The van der Waals surface area contributed by atoms with Gasteiger partial charge in [-0.25, -0.2) is 9.97 Å². The molecular formula is C15H26N4. The van der Waals surface area contributed by atoms with Crippen molar-refractivity contribution in [3.63, 3.8) is 0 Å². The van der Waals surface area contributed by atoms with Gasteiger partial charge in [-0.05, 0) is 25.2 Å². The predicted octanol–water partition coefficient (Wildman–Crippen LogP) is 3.39. The summed E-state index contributed by atoms with van der Waals surface area (Å²) in [7, 11) is 0. The van der Waals surface area contributed by atoms with Crippen LogP contribution in [0.5, 0.6) is 0 Å². The Hall–Kier alpha value is -1.32. The second-order valence-electron chi connectivity index (χ2n) is 5.56. The van der Waals surface area contributed by atoms with Gasteiger partial charge in [-0.3, -0.25) is 0 Å². The lowest BCUT2D eigenvalue weighted by Crippen LogP contribution is -2.10. The molecule has 1 aromatic heterocycles. The molecule has 0 bridgehead atoms. The van der Waals surface area contributed by atoms with Crippen LogP contribution in [-0.4, -0.2) is 16.5 Å². The van der Waals surface area contributed by atoms with Crippen LogP contribution in [0.15, 0.2) is 6.33 Å². The van der Waals surface area contributed by atoms with Crippen molar-refractivity contribution in [1.82, 2.24) is 9.97 Å². The fourth-order valence-electron chi connectivity index (χ4n) is 2.97.